The van der Waals surface area contributed by atoms with Crippen LogP contribution in [0.3, 0.4) is 0 Å². The fraction of sp³-hybridized carbons (Fsp3) is 0. The van der Waals surface area contributed by atoms with E-state index < -0.39 is 0 Å². The third kappa shape index (κ3) is 2.22. The Balaban J connectivity index is 2.43. The van der Waals surface area contributed by atoms with Gasteiger partial charge in [-0.3, -0.25) is 9.36 Å². The summed E-state index contributed by atoms with van der Waals surface area (Å²) in [6.45, 7) is 0. The molecule has 0 radical (unpaired) electrons. The molecule has 0 amide bonds. The van der Waals surface area contributed by atoms with Crippen molar-refractivity contribution < 1.29 is 0 Å². The minimum atomic E-state index is -0.187. The molecule has 20 heavy (non-hydrogen) atoms. The number of fused-ring (bicyclic) bond motifs is 1. The summed E-state index contributed by atoms with van der Waals surface area (Å²) in [6, 6.07) is 12.5. The van der Waals surface area contributed by atoms with Gasteiger partial charge in [0.05, 0.1) is 21.6 Å². The van der Waals surface area contributed by atoms with Crippen LogP contribution in [0.25, 0.3) is 16.6 Å². The first-order chi connectivity index (χ1) is 9.58. The average Bonchev–Trinajstić information content (AvgIpc) is 2.41. The van der Waals surface area contributed by atoms with Gasteiger partial charge >= 0.3 is 0 Å². The minimum absolute atomic E-state index is 0.187. The smallest absolute Gasteiger partial charge is 0.266 e. The molecule has 0 atom stereocenters. The zero-order valence-electron chi connectivity index (χ0n) is 10.1. The van der Waals surface area contributed by atoms with Gasteiger partial charge in [-0.15, -0.1) is 0 Å². The Bertz CT molecular complexity index is 932. The Hall–Kier alpha value is -1.43. The molecular formula is C14H8BrClN2OS. The number of nitrogens with one attached hydrogen (secondary N) is 1. The molecule has 0 saturated carbocycles. The van der Waals surface area contributed by atoms with Gasteiger partial charge in [0.1, 0.15) is 0 Å². The maximum Gasteiger partial charge on any atom is 0.266 e. The molecule has 1 aromatic heterocycles. The number of aromatic nitrogens is 2. The van der Waals surface area contributed by atoms with Crippen molar-refractivity contribution in [3.63, 3.8) is 0 Å². The Morgan fingerprint density at radius 2 is 1.95 bits per heavy atom. The molecule has 0 aliphatic carbocycles. The van der Waals surface area contributed by atoms with Crippen molar-refractivity contribution in [2.75, 3.05) is 0 Å². The quantitative estimate of drug-likeness (QED) is 0.645. The van der Waals surface area contributed by atoms with Crippen LogP contribution in [0.1, 0.15) is 0 Å². The number of benzene rings is 2. The molecule has 100 valence electrons. The van der Waals surface area contributed by atoms with E-state index in [2.05, 4.69) is 20.9 Å². The first-order valence-electron chi connectivity index (χ1n) is 5.77. The van der Waals surface area contributed by atoms with Crippen LogP contribution in [0.15, 0.2) is 51.7 Å². The van der Waals surface area contributed by atoms with Crippen LogP contribution in [-0.2, 0) is 0 Å². The van der Waals surface area contributed by atoms with Crippen molar-refractivity contribution in [2.24, 2.45) is 0 Å². The molecule has 0 bridgehead atoms. The minimum Gasteiger partial charge on any atom is -0.331 e. The van der Waals surface area contributed by atoms with Gasteiger partial charge in [-0.1, -0.05) is 39.7 Å². The lowest BCUT2D eigenvalue weighted by Crippen LogP contribution is -2.20. The van der Waals surface area contributed by atoms with E-state index in [4.69, 9.17) is 23.8 Å². The first-order valence-corrected chi connectivity index (χ1v) is 7.35. The summed E-state index contributed by atoms with van der Waals surface area (Å²) in [5.41, 5.74) is 1.09. The molecule has 3 rings (SSSR count). The Kier molecular flexibility index (Phi) is 3.50. The lowest BCUT2D eigenvalue weighted by atomic mass is 10.2. The normalized spacial score (nSPS) is 10.9. The Morgan fingerprint density at radius 1 is 1.20 bits per heavy atom. The van der Waals surface area contributed by atoms with E-state index in [0.29, 0.717) is 26.4 Å². The van der Waals surface area contributed by atoms with Gasteiger partial charge in [0.25, 0.3) is 5.56 Å². The highest BCUT2D eigenvalue weighted by molar-refractivity contribution is 9.10. The number of H-pyrrole nitrogens is 1. The maximum atomic E-state index is 12.6. The number of hydrogen-bond donors (Lipinski definition) is 1. The van der Waals surface area contributed by atoms with Crippen molar-refractivity contribution in [3.8, 4) is 5.69 Å². The highest BCUT2D eigenvalue weighted by atomic mass is 79.9. The standard InChI is InChI=1S/C14H8BrClN2OS/c15-8-5-6-12(10(16)7-8)18-13(19)9-3-1-2-4-11(9)17-14(18)20/h1-7H,(H,17,20). The maximum absolute atomic E-state index is 12.6. The highest BCUT2D eigenvalue weighted by Crippen LogP contribution is 2.24. The van der Waals surface area contributed by atoms with Crippen LogP contribution in [0.2, 0.25) is 5.02 Å². The van der Waals surface area contributed by atoms with Crippen molar-refractivity contribution in [2.45, 2.75) is 0 Å². The second-order valence-corrected chi connectivity index (χ2v) is 5.92. The van der Waals surface area contributed by atoms with Crippen molar-refractivity contribution in [3.05, 3.63) is 67.1 Å². The molecule has 0 aliphatic rings. The van der Waals surface area contributed by atoms with Crippen LogP contribution in [0, 0.1) is 4.77 Å². The average molecular weight is 368 g/mol. The zero-order chi connectivity index (χ0) is 14.3. The van der Waals surface area contributed by atoms with E-state index in [1.54, 1.807) is 18.2 Å². The van der Waals surface area contributed by atoms with E-state index in [0.717, 1.165) is 4.47 Å². The van der Waals surface area contributed by atoms with Crippen LogP contribution in [-0.4, -0.2) is 9.55 Å². The van der Waals surface area contributed by atoms with Crippen LogP contribution in [0.5, 0.6) is 0 Å². The van der Waals surface area contributed by atoms with Crippen LogP contribution < -0.4 is 5.56 Å². The number of nitrogens with zero attached hydrogens (tertiary/aromatic N) is 1. The lowest BCUT2D eigenvalue weighted by molar-refractivity contribution is 0.940. The van der Waals surface area contributed by atoms with Gasteiger partial charge in [0, 0.05) is 4.47 Å². The SMILES string of the molecule is O=c1c2ccccc2[nH]c(=S)n1-c1ccc(Br)cc1Cl. The molecule has 2 aromatic carbocycles. The summed E-state index contributed by atoms with van der Waals surface area (Å²) >= 11 is 14.8. The fourth-order valence-corrected chi connectivity index (χ4v) is 3.09. The number of halogens is 2. The van der Waals surface area contributed by atoms with Gasteiger partial charge < -0.3 is 4.98 Å². The fourth-order valence-electron chi connectivity index (χ4n) is 2.04. The van der Waals surface area contributed by atoms with Crippen molar-refractivity contribution >= 4 is 50.7 Å². The zero-order valence-corrected chi connectivity index (χ0v) is 13.2. The van der Waals surface area contributed by atoms with E-state index in [1.807, 2.05) is 24.3 Å². The summed E-state index contributed by atoms with van der Waals surface area (Å²) in [6.07, 6.45) is 0. The third-order valence-electron chi connectivity index (χ3n) is 2.96. The molecule has 0 saturated heterocycles. The number of para-hydroxylation sites is 1. The molecule has 3 aromatic rings. The Labute approximate surface area is 133 Å². The summed E-state index contributed by atoms with van der Waals surface area (Å²) in [5, 5.41) is 1.02. The monoisotopic (exact) mass is 366 g/mol. The number of rotatable bonds is 1. The van der Waals surface area contributed by atoms with E-state index in [-0.39, 0.29) is 5.56 Å². The van der Waals surface area contributed by atoms with Crippen molar-refractivity contribution in [1.82, 2.24) is 9.55 Å². The molecule has 3 nitrogen and oxygen atoms in total. The summed E-state index contributed by atoms with van der Waals surface area (Å²) in [4.78, 5) is 15.6. The second kappa shape index (κ2) is 5.16. The van der Waals surface area contributed by atoms with Gasteiger partial charge in [0.15, 0.2) is 4.77 Å². The predicted octanol–water partition coefficient (Wildman–Crippen LogP) is 4.46. The van der Waals surface area contributed by atoms with Crippen molar-refractivity contribution in [1.29, 1.82) is 0 Å². The number of hydrogen-bond acceptors (Lipinski definition) is 2. The predicted molar refractivity (Wildman–Crippen MR) is 87.4 cm³/mol. The van der Waals surface area contributed by atoms with E-state index >= 15 is 0 Å². The molecule has 1 heterocycles. The van der Waals surface area contributed by atoms with Gasteiger partial charge in [-0.25, -0.2) is 0 Å². The molecule has 1 N–H and O–H groups in total. The second-order valence-electron chi connectivity index (χ2n) is 4.21. The summed E-state index contributed by atoms with van der Waals surface area (Å²) < 4.78 is 2.57. The molecule has 0 aliphatic heterocycles. The molecule has 0 spiro atoms. The van der Waals surface area contributed by atoms with E-state index in [9.17, 15) is 4.79 Å². The third-order valence-corrected chi connectivity index (χ3v) is 4.04. The lowest BCUT2D eigenvalue weighted by Gasteiger charge is -2.10. The van der Waals surface area contributed by atoms with Gasteiger partial charge in [0.2, 0.25) is 0 Å². The Morgan fingerprint density at radius 3 is 2.70 bits per heavy atom. The molecular weight excluding hydrogens is 360 g/mol. The molecule has 0 fully saturated rings. The summed E-state index contributed by atoms with van der Waals surface area (Å²) in [7, 11) is 0. The summed E-state index contributed by atoms with van der Waals surface area (Å²) in [5.74, 6) is 0. The van der Waals surface area contributed by atoms with Gasteiger partial charge in [-0.2, -0.15) is 0 Å². The largest absolute Gasteiger partial charge is 0.331 e. The molecule has 0 unspecified atom stereocenters. The highest BCUT2D eigenvalue weighted by Gasteiger charge is 2.10. The molecule has 6 heteroatoms. The van der Waals surface area contributed by atoms with Crippen LogP contribution >= 0.6 is 39.7 Å². The van der Waals surface area contributed by atoms with E-state index in [1.165, 1.54) is 4.57 Å². The topological polar surface area (TPSA) is 37.8 Å². The van der Waals surface area contributed by atoms with Crippen LogP contribution in [0.4, 0.5) is 0 Å². The van der Waals surface area contributed by atoms with Gasteiger partial charge in [-0.05, 0) is 42.5 Å². The number of aromatic amines is 1. The first kappa shape index (κ1) is 13.5.